The minimum Gasteiger partial charge on any atom is -0.486 e. The Hall–Kier alpha value is -3.82. The average molecular weight is 506 g/mol. The van der Waals surface area contributed by atoms with Crippen molar-refractivity contribution < 1.29 is 28.6 Å². The molecule has 0 bridgehead atoms. The highest BCUT2D eigenvalue weighted by atomic mass is 19.1. The van der Waals surface area contributed by atoms with Gasteiger partial charge in [-0.1, -0.05) is 30.3 Å². The van der Waals surface area contributed by atoms with E-state index in [1.807, 2.05) is 18.2 Å². The largest absolute Gasteiger partial charge is 0.486 e. The molecule has 192 valence electrons. The molecule has 1 fully saturated rings. The van der Waals surface area contributed by atoms with Crippen molar-refractivity contribution in [3.8, 4) is 22.8 Å². The van der Waals surface area contributed by atoms with Crippen molar-refractivity contribution in [2.45, 2.75) is 25.0 Å². The zero-order chi connectivity index (χ0) is 25.8. The van der Waals surface area contributed by atoms with Crippen LogP contribution in [-0.4, -0.2) is 65.6 Å². The molecule has 2 aromatic carbocycles. The third-order valence-electron chi connectivity index (χ3n) is 6.63. The summed E-state index contributed by atoms with van der Waals surface area (Å²) >= 11 is 0. The molecule has 3 aromatic rings. The zero-order valence-electron chi connectivity index (χ0n) is 20.2. The second-order valence-electron chi connectivity index (χ2n) is 9.18. The molecule has 0 aliphatic carbocycles. The van der Waals surface area contributed by atoms with Gasteiger partial charge >= 0.3 is 0 Å². The quantitative estimate of drug-likeness (QED) is 0.358. The number of carbonyl (C=O) groups is 2. The highest BCUT2D eigenvalue weighted by molar-refractivity contribution is 6.42. The summed E-state index contributed by atoms with van der Waals surface area (Å²) in [5.74, 6) is -2.00. The minimum absolute atomic E-state index is 0.00616. The number of likely N-dealkylation sites (tertiary alicyclic amines) is 1. The fourth-order valence-electron chi connectivity index (χ4n) is 4.69. The normalized spacial score (nSPS) is 16.7. The highest BCUT2D eigenvalue weighted by Gasteiger charge is 2.31. The van der Waals surface area contributed by atoms with Gasteiger partial charge in [0.15, 0.2) is 17.3 Å². The maximum Gasteiger partial charge on any atom is 0.292 e. The van der Waals surface area contributed by atoms with Crippen molar-refractivity contribution >= 4 is 11.7 Å². The third-order valence-corrected chi connectivity index (χ3v) is 6.63. The average Bonchev–Trinajstić information content (AvgIpc) is 3.45. The van der Waals surface area contributed by atoms with E-state index in [9.17, 15) is 19.1 Å². The van der Waals surface area contributed by atoms with E-state index in [1.165, 1.54) is 12.1 Å². The summed E-state index contributed by atoms with van der Waals surface area (Å²) in [6.07, 6.45) is 2.43. The lowest BCUT2D eigenvalue weighted by Gasteiger charge is -2.29. The maximum absolute atomic E-state index is 14.7. The smallest absolute Gasteiger partial charge is 0.292 e. The van der Waals surface area contributed by atoms with Crippen LogP contribution in [0.15, 0.2) is 60.8 Å². The molecule has 0 saturated carbocycles. The van der Waals surface area contributed by atoms with Gasteiger partial charge in [0.25, 0.3) is 5.91 Å². The van der Waals surface area contributed by atoms with Crippen LogP contribution < -0.4 is 14.8 Å². The monoisotopic (exact) mass is 505 g/mol. The number of nitrogens with one attached hydrogen (secondary N) is 1. The molecule has 2 aliphatic heterocycles. The number of aromatic nitrogens is 1. The summed E-state index contributed by atoms with van der Waals surface area (Å²) in [5, 5.41) is 13.9. The molecule has 8 nitrogen and oxygen atoms in total. The van der Waals surface area contributed by atoms with Gasteiger partial charge < -0.3 is 24.8 Å². The van der Waals surface area contributed by atoms with E-state index in [2.05, 4.69) is 15.2 Å². The molecule has 9 heteroatoms. The fourth-order valence-corrected chi connectivity index (χ4v) is 4.69. The Kier molecular flexibility index (Phi) is 7.43. The standard InChI is InChI=1S/C28H28FN3O5/c29-21-15-20(16-24-27(21)37-14-13-36-24)25(33)23(17-32-11-3-4-12-32)31-28(35)26(34)19-8-6-18(7-9-19)22-5-1-2-10-30-22/h1-2,5-10,15-16,23,25,33H,3-4,11-14,17H2,(H,31,35)/t23-,25+/m1/s1. The Morgan fingerprint density at radius 2 is 1.81 bits per heavy atom. The Bertz CT molecular complexity index is 1260. The molecule has 0 spiro atoms. The number of halogens is 1. The molecule has 37 heavy (non-hydrogen) atoms. The van der Waals surface area contributed by atoms with Crippen molar-refractivity contribution in [2.75, 3.05) is 32.8 Å². The Balaban J connectivity index is 1.34. The van der Waals surface area contributed by atoms with E-state index in [1.54, 1.807) is 30.5 Å². The molecule has 1 saturated heterocycles. The first kappa shape index (κ1) is 24.9. The van der Waals surface area contributed by atoms with Crippen molar-refractivity contribution in [3.63, 3.8) is 0 Å². The molecule has 1 amide bonds. The van der Waals surface area contributed by atoms with E-state index < -0.39 is 29.7 Å². The molecular formula is C28H28FN3O5. The number of aliphatic hydroxyl groups is 1. The second-order valence-corrected chi connectivity index (χ2v) is 9.18. The number of rotatable bonds is 8. The van der Waals surface area contributed by atoms with Gasteiger partial charge in [-0.2, -0.15) is 0 Å². The van der Waals surface area contributed by atoms with Crippen LogP contribution in [0.2, 0.25) is 0 Å². The lowest BCUT2D eigenvalue weighted by Crippen LogP contribution is -2.48. The van der Waals surface area contributed by atoms with Gasteiger partial charge in [-0.05, 0) is 55.8 Å². The van der Waals surface area contributed by atoms with Crippen LogP contribution in [0.1, 0.15) is 34.9 Å². The van der Waals surface area contributed by atoms with Gasteiger partial charge in [0.05, 0.1) is 11.7 Å². The molecule has 2 aliphatic rings. The molecule has 3 heterocycles. The lowest BCUT2D eigenvalue weighted by molar-refractivity contribution is -0.118. The predicted molar refractivity (Wildman–Crippen MR) is 134 cm³/mol. The van der Waals surface area contributed by atoms with Crippen LogP contribution in [-0.2, 0) is 4.79 Å². The van der Waals surface area contributed by atoms with E-state index in [4.69, 9.17) is 9.47 Å². The second kappa shape index (κ2) is 11.1. The Morgan fingerprint density at radius 3 is 2.54 bits per heavy atom. The lowest BCUT2D eigenvalue weighted by atomic mass is 9.99. The summed E-state index contributed by atoms with van der Waals surface area (Å²) in [4.78, 5) is 32.3. The SMILES string of the molecule is O=C(N[C@H](CN1CCCC1)[C@@H](O)c1cc(F)c2c(c1)OCCO2)C(=O)c1ccc(-c2ccccn2)cc1. The molecule has 5 rings (SSSR count). The van der Waals surface area contributed by atoms with Gasteiger partial charge in [-0.3, -0.25) is 14.6 Å². The number of hydrogen-bond donors (Lipinski definition) is 2. The van der Waals surface area contributed by atoms with Gasteiger partial charge in [0.1, 0.15) is 19.3 Å². The molecule has 0 radical (unpaired) electrons. The topological polar surface area (TPSA) is 101 Å². The van der Waals surface area contributed by atoms with Crippen molar-refractivity contribution in [1.82, 2.24) is 15.2 Å². The van der Waals surface area contributed by atoms with Gasteiger partial charge in [-0.25, -0.2) is 4.39 Å². The van der Waals surface area contributed by atoms with Crippen molar-refractivity contribution in [1.29, 1.82) is 0 Å². The summed E-state index contributed by atoms with van der Waals surface area (Å²) in [7, 11) is 0. The number of ketones is 1. The van der Waals surface area contributed by atoms with Crippen LogP contribution >= 0.6 is 0 Å². The summed E-state index contributed by atoms with van der Waals surface area (Å²) in [5.41, 5.74) is 2.03. The fraction of sp³-hybridized carbons (Fsp3) is 0.321. The minimum atomic E-state index is -1.27. The zero-order valence-corrected chi connectivity index (χ0v) is 20.2. The molecule has 2 N–H and O–H groups in total. The summed E-state index contributed by atoms with van der Waals surface area (Å²) in [6.45, 7) is 2.46. The number of benzene rings is 2. The molecule has 2 atom stereocenters. The number of nitrogens with zero attached hydrogens (tertiary/aromatic N) is 2. The van der Waals surface area contributed by atoms with Gasteiger partial charge in [0.2, 0.25) is 5.78 Å². The van der Waals surface area contributed by atoms with E-state index >= 15 is 0 Å². The van der Waals surface area contributed by atoms with E-state index in [0.29, 0.717) is 6.54 Å². The predicted octanol–water partition coefficient (Wildman–Crippen LogP) is 3.16. The number of Topliss-reactive ketones (excluding diaryl/α,β-unsaturated/α-hetero) is 1. The molecular weight excluding hydrogens is 477 g/mol. The first-order chi connectivity index (χ1) is 18.0. The van der Waals surface area contributed by atoms with Gasteiger partial charge in [-0.15, -0.1) is 0 Å². The number of pyridine rings is 1. The molecule has 1 aromatic heterocycles. The number of ether oxygens (including phenoxy) is 2. The number of amides is 1. The van der Waals surface area contributed by atoms with Crippen molar-refractivity contribution in [3.05, 3.63) is 77.7 Å². The van der Waals surface area contributed by atoms with E-state index in [0.717, 1.165) is 37.2 Å². The first-order valence-corrected chi connectivity index (χ1v) is 12.4. The van der Waals surface area contributed by atoms with Gasteiger partial charge in [0, 0.05) is 23.9 Å². The highest BCUT2D eigenvalue weighted by Crippen LogP contribution is 2.36. The summed E-state index contributed by atoms with van der Waals surface area (Å²) < 4.78 is 25.5. The van der Waals surface area contributed by atoms with Crippen LogP contribution in [0.4, 0.5) is 4.39 Å². The third kappa shape index (κ3) is 5.63. The summed E-state index contributed by atoms with van der Waals surface area (Å²) in [6, 6.07) is 14.0. The van der Waals surface area contributed by atoms with Crippen molar-refractivity contribution in [2.24, 2.45) is 0 Å². The Labute approximate surface area is 214 Å². The number of aliphatic hydroxyl groups excluding tert-OH is 1. The van der Waals surface area contributed by atoms with E-state index in [-0.39, 0.29) is 35.8 Å². The van der Waals surface area contributed by atoms with Crippen LogP contribution in [0, 0.1) is 5.82 Å². The molecule has 0 unspecified atom stereocenters. The number of carbonyl (C=O) groups excluding carboxylic acids is 2. The number of fused-ring (bicyclic) bond motifs is 1. The number of hydrogen-bond acceptors (Lipinski definition) is 7. The Morgan fingerprint density at radius 1 is 1.05 bits per heavy atom. The maximum atomic E-state index is 14.7. The van der Waals surface area contributed by atoms with Crippen LogP contribution in [0.3, 0.4) is 0 Å². The van der Waals surface area contributed by atoms with Crippen LogP contribution in [0.5, 0.6) is 11.5 Å². The van der Waals surface area contributed by atoms with Crippen LogP contribution in [0.25, 0.3) is 11.3 Å². The first-order valence-electron chi connectivity index (χ1n) is 12.4.